The van der Waals surface area contributed by atoms with Crippen LogP contribution in [0.25, 0.3) is 0 Å². The highest BCUT2D eigenvalue weighted by atomic mass is 16.1. The molecule has 1 aliphatic carbocycles. The maximum atomic E-state index is 8.81. The minimum Gasteiger partial charge on any atom is -0.304 e. The number of carbonyl (C=O) groups is 1. The Balaban J connectivity index is 0.000000292. The van der Waals surface area contributed by atoms with Crippen molar-refractivity contribution in [1.29, 1.82) is 0 Å². The van der Waals surface area contributed by atoms with Crippen LogP contribution in [0.4, 0.5) is 0 Å². The van der Waals surface area contributed by atoms with Crippen molar-refractivity contribution in [3.8, 4) is 0 Å². The molecular weight excluding hydrogens is 136 g/mol. The van der Waals surface area contributed by atoms with E-state index in [4.69, 9.17) is 4.79 Å². The van der Waals surface area contributed by atoms with Gasteiger partial charge in [0, 0.05) is 0 Å². The van der Waals surface area contributed by atoms with Crippen LogP contribution >= 0.6 is 0 Å². The highest BCUT2D eigenvalue weighted by molar-refractivity contribution is 5.44. The first-order valence-corrected chi connectivity index (χ1v) is 4.10. The first-order chi connectivity index (χ1) is 5.35. The van der Waals surface area contributed by atoms with E-state index in [0.717, 1.165) is 6.29 Å². The summed E-state index contributed by atoms with van der Waals surface area (Å²) in [6.45, 7) is 3.64. The van der Waals surface area contributed by atoms with Gasteiger partial charge in [0.15, 0.2) is 0 Å². The van der Waals surface area contributed by atoms with Crippen molar-refractivity contribution in [2.24, 2.45) is 0 Å². The second-order valence-corrected chi connectivity index (χ2v) is 2.35. The predicted molar refractivity (Wildman–Crippen MR) is 48.5 cm³/mol. The number of aldehydes is 1. The molecule has 0 amide bonds. The molecule has 0 unspecified atom stereocenters. The molecule has 0 atom stereocenters. The molecule has 0 aliphatic heterocycles. The van der Waals surface area contributed by atoms with Crippen molar-refractivity contribution in [2.75, 3.05) is 0 Å². The minimum atomic E-state index is 0.750. The third kappa shape index (κ3) is 5.59. The van der Waals surface area contributed by atoms with Crippen LogP contribution in [0.2, 0.25) is 0 Å². The Kier molecular flexibility index (Phi) is 6.70. The summed E-state index contributed by atoms with van der Waals surface area (Å²) in [5.41, 5.74) is 1.50. The first-order valence-electron chi connectivity index (χ1n) is 4.10. The SMILES string of the molecule is CC=O.CCC1=CCCC=C1. The summed E-state index contributed by atoms with van der Waals surface area (Å²) in [4.78, 5) is 8.81. The summed E-state index contributed by atoms with van der Waals surface area (Å²) in [6.07, 6.45) is 11.2. The fraction of sp³-hybridized carbons (Fsp3) is 0.500. The van der Waals surface area contributed by atoms with Crippen molar-refractivity contribution in [3.63, 3.8) is 0 Å². The summed E-state index contributed by atoms with van der Waals surface area (Å²) < 4.78 is 0. The van der Waals surface area contributed by atoms with Crippen molar-refractivity contribution < 1.29 is 4.79 Å². The Bertz CT molecular complexity index is 154. The van der Waals surface area contributed by atoms with Crippen LogP contribution in [0.15, 0.2) is 23.8 Å². The second-order valence-electron chi connectivity index (χ2n) is 2.35. The number of hydrogen-bond acceptors (Lipinski definition) is 1. The van der Waals surface area contributed by atoms with Crippen molar-refractivity contribution in [1.82, 2.24) is 0 Å². The summed E-state index contributed by atoms with van der Waals surface area (Å²) in [6, 6.07) is 0. The van der Waals surface area contributed by atoms with E-state index >= 15 is 0 Å². The molecule has 0 aromatic carbocycles. The van der Waals surface area contributed by atoms with Gasteiger partial charge in [-0.25, -0.2) is 0 Å². The zero-order chi connectivity index (χ0) is 8.53. The molecule has 0 heterocycles. The lowest BCUT2D eigenvalue weighted by molar-refractivity contribution is -0.106. The van der Waals surface area contributed by atoms with Crippen LogP contribution in [0, 0.1) is 0 Å². The molecular formula is C10H16O. The molecule has 0 spiro atoms. The van der Waals surface area contributed by atoms with E-state index in [-0.39, 0.29) is 0 Å². The molecule has 62 valence electrons. The summed E-state index contributed by atoms with van der Waals surface area (Å²) >= 11 is 0. The van der Waals surface area contributed by atoms with Crippen LogP contribution in [-0.4, -0.2) is 6.29 Å². The van der Waals surface area contributed by atoms with Crippen molar-refractivity contribution >= 4 is 6.29 Å². The van der Waals surface area contributed by atoms with Crippen molar-refractivity contribution in [2.45, 2.75) is 33.1 Å². The van der Waals surface area contributed by atoms with Crippen LogP contribution in [0.5, 0.6) is 0 Å². The van der Waals surface area contributed by atoms with E-state index in [1.807, 2.05) is 0 Å². The Hall–Kier alpha value is -0.850. The van der Waals surface area contributed by atoms with Gasteiger partial charge in [-0.1, -0.05) is 30.7 Å². The van der Waals surface area contributed by atoms with Crippen LogP contribution in [-0.2, 0) is 4.79 Å². The Morgan fingerprint density at radius 2 is 2.18 bits per heavy atom. The zero-order valence-corrected chi connectivity index (χ0v) is 7.34. The third-order valence-electron chi connectivity index (χ3n) is 1.48. The third-order valence-corrected chi connectivity index (χ3v) is 1.48. The van der Waals surface area contributed by atoms with Gasteiger partial charge in [-0.05, 0) is 26.2 Å². The first kappa shape index (κ1) is 10.2. The molecule has 0 radical (unpaired) electrons. The highest BCUT2D eigenvalue weighted by Crippen LogP contribution is 2.11. The maximum Gasteiger partial charge on any atom is 0.116 e. The molecule has 0 bridgehead atoms. The number of rotatable bonds is 1. The lowest BCUT2D eigenvalue weighted by Crippen LogP contribution is -1.80. The van der Waals surface area contributed by atoms with Gasteiger partial charge in [0.2, 0.25) is 0 Å². The minimum absolute atomic E-state index is 0.750. The monoisotopic (exact) mass is 152 g/mol. The molecule has 0 fully saturated rings. The molecule has 0 aromatic heterocycles. The van der Waals surface area contributed by atoms with Crippen LogP contribution < -0.4 is 0 Å². The fourth-order valence-electron chi connectivity index (χ4n) is 0.930. The van der Waals surface area contributed by atoms with Crippen molar-refractivity contribution in [3.05, 3.63) is 23.8 Å². The largest absolute Gasteiger partial charge is 0.304 e. The van der Waals surface area contributed by atoms with E-state index in [1.165, 1.54) is 31.8 Å². The summed E-state index contributed by atoms with van der Waals surface area (Å²) in [5.74, 6) is 0. The van der Waals surface area contributed by atoms with Gasteiger partial charge in [0.1, 0.15) is 6.29 Å². The Morgan fingerprint density at radius 1 is 1.55 bits per heavy atom. The number of hydrogen-bond donors (Lipinski definition) is 0. The van der Waals surface area contributed by atoms with Gasteiger partial charge in [-0.3, -0.25) is 0 Å². The van der Waals surface area contributed by atoms with Crippen LogP contribution in [0.3, 0.4) is 0 Å². The summed E-state index contributed by atoms with van der Waals surface area (Å²) in [5, 5.41) is 0. The van der Waals surface area contributed by atoms with E-state index in [0.29, 0.717) is 0 Å². The standard InChI is InChI=1S/C8H12.C2H4O/c1-2-8-6-4-3-5-7-8;1-2-3/h4,6-7H,2-3,5H2,1H3;2H,1H3. The lowest BCUT2D eigenvalue weighted by atomic mass is 10.1. The molecule has 1 nitrogen and oxygen atoms in total. The summed E-state index contributed by atoms with van der Waals surface area (Å²) in [7, 11) is 0. The highest BCUT2D eigenvalue weighted by Gasteiger charge is 1.90. The van der Waals surface area contributed by atoms with Gasteiger partial charge in [0.05, 0.1) is 0 Å². The Labute approximate surface area is 68.8 Å². The lowest BCUT2D eigenvalue weighted by Gasteiger charge is -2.01. The van der Waals surface area contributed by atoms with E-state index in [2.05, 4.69) is 25.2 Å². The fourth-order valence-corrected chi connectivity index (χ4v) is 0.930. The Morgan fingerprint density at radius 3 is 2.45 bits per heavy atom. The second kappa shape index (κ2) is 7.26. The van der Waals surface area contributed by atoms with E-state index in [9.17, 15) is 0 Å². The predicted octanol–water partition coefficient (Wildman–Crippen LogP) is 2.88. The maximum absolute atomic E-state index is 8.81. The van der Waals surface area contributed by atoms with Gasteiger partial charge in [-0.2, -0.15) is 0 Å². The molecule has 0 saturated carbocycles. The van der Waals surface area contributed by atoms with E-state index in [1.54, 1.807) is 0 Å². The molecule has 1 aliphatic rings. The molecule has 1 heteroatoms. The number of allylic oxidation sites excluding steroid dienone is 4. The van der Waals surface area contributed by atoms with E-state index < -0.39 is 0 Å². The van der Waals surface area contributed by atoms with Gasteiger partial charge in [-0.15, -0.1) is 0 Å². The average molecular weight is 152 g/mol. The molecule has 1 rings (SSSR count). The topological polar surface area (TPSA) is 17.1 Å². The number of carbonyl (C=O) groups excluding carboxylic acids is 1. The molecule has 11 heavy (non-hydrogen) atoms. The zero-order valence-electron chi connectivity index (χ0n) is 7.34. The van der Waals surface area contributed by atoms with Gasteiger partial charge in [0.25, 0.3) is 0 Å². The normalized spacial score (nSPS) is 14.5. The van der Waals surface area contributed by atoms with Gasteiger partial charge < -0.3 is 4.79 Å². The molecule has 0 N–H and O–H groups in total. The average Bonchev–Trinajstić information content (AvgIpc) is 2.08. The quantitative estimate of drug-likeness (QED) is 0.528. The molecule has 0 aromatic rings. The molecule has 0 saturated heterocycles. The smallest absolute Gasteiger partial charge is 0.116 e. The van der Waals surface area contributed by atoms with Crippen LogP contribution in [0.1, 0.15) is 33.1 Å². The van der Waals surface area contributed by atoms with Gasteiger partial charge >= 0.3 is 0 Å².